The summed E-state index contributed by atoms with van der Waals surface area (Å²) in [4.78, 5) is 23.4. The van der Waals surface area contributed by atoms with Crippen LogP contribution >= 0.6 is 0 Å². The van der Waals surface area contributed by atoms with Crippen LogP contribution in [0.4, 0.5) is 0 Å². The Bertz CT molecular complexity index is 393. The summed E-state index contributed by atoms with van der Waals surface area (Å²) in [6.45, 7) is 6.51. The molecular formula is C16H29N3O2. The maximum atomic E-state index is 11.8. The highest BCUT2D eigenvalue weighted by atomic mass is 16.2. The monoisotopic (exact) mass is 295 g/mol. The van der Waals surface area contributed by atoms with Crippen LogP contribution in [-0.2, 0) is 9.59 Å². The summed E-state index contributed by atoms with van der Waals surface area (Å²) >= 11 is 0. The van der Waals surface area contributed by atoms with E-state index >= 15 is 0 Å². The summed E-state index contributed by atoms with van der Waals surface area (Å²) in [6.07, 6.45) is 4.47. The number of nitrogens with two attached hydrogens (primary N) is 1. The lowest BCUT2D eigenvalue weighted by Crippen LogP contribution is -2.54. The normalized spacial score (nSPS) is 29.4. The third kappa shape index (κ3) is 3.76. The Labute approximate surface area is 127 Å². The molecule has 3 aliphatic carbocycles. The fourth-order valence-electron chi connectivity index (χ4n) is 4.05. The molecule has 0 heterocycles. The molecule has 3 unspecified atom stereocenters. The molecule has 3 rings (SSSR count). The lowest BCUT2D eigenvalue weighted by Gasteiger charge is -2.60. The first-order chi connectivity index (χ1) is 9.95. The van der Waals surface area contributed by atoms with Crippen molar-refractivity contribution < 1.29 is 9.59 Å². The maximum absolute atomic E-state index is 11.8. The van der Waals surface area contributed by atoms with Crippen LogP contribution in [0.1, 0.15) is 46.0 Å². The summed E-state index contributed by atoms with van der Waals surface area (Å²) < 4.78 is 0. The molecule has 120 valence electrons. The van der Waals surface area contributed by atoms with Crippen molar-refractivity contribution in [1.82, 2.24) is 10.6 Å². The molecule has 0 spiro atoms. The van der Waals surface area contributed by atoms with Crippen molar-refractivity contribution in [2.45, 2.75) is 46.0 Å². The smallest absolute Gasteiger partial charge is 0.229 e. The second-order valence-corrected chi connectivity index (χ2v) is 7.17. The molecule has 5 nitrogen and oxygen atoms in total. The van der Waals surface area contributed by atoms with Crippen LogP contribution in [-0.4, -0.2) is 31.4 Å². The molecule has 0 aromatic rings. The first-order valence-corrected chi connectivity index (χ1v) is 8.18. The predicted octanol–water partition coefficient (Wildman–Crippen LogP) is 1.03. The minimum Gasteiger partial charge on any atom is -0.356 e. The van der Waals surface area contributed by atoms with Crippen LogP contribution < -0.4 is 16.4 Å². The van der Waals surface area contributed by atoms with E-state index in [4.69, 9.17) is 5.73 Å². The zero-order chi connectivity index (χ0) is 15.5. The van der Waals surface area contributed by atoms with E-state index < -0.39 is 0 Å². The highest BCUT2D eigenvalue weighted by molar-refractivity contribution is 5.96. The molecule has 5 heteroatoms. The number of carbonyl (C=O) groups is 2. The SMILES string of the molecule is CC1(C)C2CCC(CNC(=O)CC(=O)NCCCN)C1C2. The second-order valence-electron chi connectivity index (χ2n) is 7.17. The largest absolute Gasteiger partial charge is 0.356 e. The van der Waals surface area contributed by atoms with Crippen molar-refractivity contribution in [2.24, 2.45) is 28.9 Å². The molecule has 0 radical (unpaired) electrons. The fourth-order valence-corrected chi connectivity index (χ4v) is 4.05. The van der Waals surface area contributed by atoms with E-state index in [1.54, 1.807) is 0 Å². The maximum Gasteiger partial charge on any atom is 0.229 e. The minimum atomic E-state index is -0.214. The number of nitrogens with one attached hydrogen (secondary N) is 2. The Morgan fingerprint density at radius 1 is 1.19 bits per heavy atom. The van der Waals surface area contributed by atoms with E-state index in [9.17, 15) is 9.59 Å². The van der Waals surface area contributed by atoms with E-state index in [0.717, 1.165) is 24.8 Å². The summed E-state index contributed by atoms with van der Waals surface area (Å²) in [6, 6.07) is 0. The predicted molar refractivity (Wildman–Crippen MR) is 82.4 cm³/mol. The minimum absolute atomic E-state index is 0.0754. The molecule has 4 N–H and O–H groups in total. The van der Waals surface area contributed by atoms with Crippen molar-refractivity contribution in [3.63, 3.8) is 0 Å². The van der Waals surface area contributed by atoms with Crippen molar-refractivity contribution in [3.05, 3.63) is 0 Å². The Balaban J connectivity index is 1.66. The van der Waals surface area contributed by atoms with Gasteiger partial charge in [0.1, 0.15) is 6.42 Å². The van der Waals surface area contributed by atoms with Gasteiger partial charge in [0, 0.05) is 13.1 Å². The van der Waals surface area contributed by atoms with Crippen LogP contribution in [0.15, 0.2) is 0 Å². The summed E-state index contributed by atoms with van der Waals surface area (Å²) in [7, 11) is 0. The molecule has 3 fully saturated rings. The van der Waals surface area contributed by atoms with Crippen molar-refractivity contribution in [1.29, 1.82) is 0 Å². The van der Waals surface area contributed by atoms with Crippen molar-refractivity contribution in [3.8, 4) is 0 Å². The van der Waals surface area contributed by atoms with Gasteiger partial charge in [-0.1, -0.05) is 13.8 Å². The average Bonchev–Trinajstić information content (AvgIpc) is 2.45. The number of rotatable bonds is 7. The Morgan fingerprint density at radius 3 is 2.52 bits per heavy atom. The molecule has 3 atom stereocenters. The number of amides is 2. The van der Waals surface area contributed by atoms with Gasteiger partial charge in [-0.15, -0.1) is 0 Å². The van der Waals surface area contributed by atoms with Gasteiger partial charge in [-0.3, -0.25) is 9.59 Å². The van der Waals surface area contributed by atoms with Gasteiger partial charge < -0.3 is 16.4 Å². The molecule has 2 bridgehead atoms. The Hall–Kier alpha value is -1.10. The van der Waals surface area contributed by atoms with Crippen LogP contribution in [0.5, 0.6) is 0 Å². The average molecular weight is 295 g/mol. The van der Waals surface area contributed by atoms with Crippen LogP contribution in [0, 0.1) is 23.2 Å². The number of hydrogen-bond donors (Lipinski definition) is 3. The Kier molecular flexibility index (Phi) is 5.25. The lowest BCUT2D eigenvalue weighted by atomic mass is 9.45. The molecular weight excluding hydrogens is 266 g/mol. The number of hydrogen-bond acceptors (Lipinski definition) is 3. The van der Waals surface area contributed by atoms with Gasteiger partial charge in [-0.2, -0.15) is 0 Å². The van der Waals surface area contributed by atoms with Gasteiger partial charge in [-0.05, 0) is 55.4 Å². The van der Waals surface area contributed by atoms with Crippen molar-refractivity contribution >= 4 is 11.8 Å². The van der Waals surface area contributed by atoms with Gasteiger partial charge in [-0.25, -0.2) is 0 Å². The quantitative estimate of drug-likeness (QED) is 0.484. The third-order valence-electron chi connectivity index (χ3n) is 5.59. The van der Waals surface area contributed by atoms with Crippen LogP contribution in [0.2, 0.25) is 0 Å². The highest BCUT2D eigenvalue weighted by Crippen LogP contribution is 2.61. The van der Waals surface area contributed by atoms with Gasteiger partial charge in [0.15, 0.2) is 0 Å². The molecule has 2 amide bonds. The topological polar surface area (TPSA) is 84.2 Å². The van der Waals surface area contributed by atoms with E-state index in [1.165, 1.54) is 19.3 Å². The Morgan fingerprint density at radius 2 is 1.90 bits per heavy atom. The number of carbonyl (C=O) groups excluding carboxylic acids is 2. The molecule has 3 saturated carbocycles. The first kappa shape index (κ1) is 16.3. The molecule has 0 aromatic heterocycles. The molecule has 0 aliphatic heterocycles. The van der Waals surface area contributed by atoms with Crippen LogP contribution in [0.25, 0.3) is 0 Å². The summed E-state index contributed by atoms with van der Waals surface area (Å²) in [5, 5.41) is 5.64. The van der Waals surface area contributed by atoms with Gasteiger partial charge in [0.2, 0.25) is 11.8 Å². The van der Waals surface area contributed by atoms with E-state index in [-0.39, 0.29) is 18.2 Å². The standard InChI is InChI=1S/C16H29N3O2/c1-16(2)12-5-4-11(13(16)8-12)10-19-15(21)9-14(20)18-7-3-6-17/h11-13H,3-10,17H2,1-2H3,(H,18,20)(H,19,21). The zero-order valence-electron chi connectivity index (χ0n) is 13.3. The van der Waals surface area contributed by atoms with Crippen molar-refractivity contribution in [2.75, 3.05) is 19.6 Å². The second kappa shape index (κ2) is 6.77. The summed E-state index contributed by atoms with van der Waals surface area (Å²) in [5.41, 5.74) is 5.79. The van der Waals surface area contributed by atoms with E-state index in [1.807, 2.05) is 0 Å². The van der Waals surface area contributed by atoms with E-state index in [2.05, 4.69) is 24.5 Å². The zero-order valence-corrected chi connectivity index (χ0v) is 13.3. The highest BCUT2D eigenvalue weighted by Gasteiger charge is 2.53. The lowest BCUT2D eigenvalue weighted by molar-refractivity contribution is -0.131. The molecule has 0 aromatic carbocycles. The molecule has 3 aliphatic rings. The van der Waals surface area contributed by atoms with Crippen LogP contribution in [0.3, 0.4) is 0 Å². The van der Waals surface area contributed by atoms with Gasteiger partial charge >= 0.3 is 0 Å². The fraction of sp³-hybridized carbons (Fsp3) is 0.875. The van der Waals surface area contributed by atoms with Gasteiger partial charge in [0.05, 0.1) is 0 Å². The molecule has 0 saturated heterocycles. The number of fused-ring (bicyclic) bond motifs is 2. The molecule has 21 heavy (non-hydrogen) atoms. The van der Waals surface area contributed by atoms with E-state index in [0.29, 0.717) is 24.4 Å². The third-order valence-corrected chi connectivity index (χ3v) is 5.59. The first-order valence-electron chi connectivity index (χ1n) is 8.18. The summed E-state index contributed by atoms with van der Waals surface area (Å²) in [5.74, 6) is 1.81. The van der Waals surface area contributed by atoms with Gasteiger partial charge in [0.25, 0.3) is 0 Å².